The fourth-order valence-corrected chi connectivity index (χ4v) is 2.75. The standard InChI is InChI=1S/C10H9NSe/c1-8-7-12-10(11-8)9-5-3-2-4-6-9/h2-7H,1H3. The van der Waals surface area contributed by atoms with E-state index in [1.165, 1.54) is 10.1 Å². The predicted molar refractivity (Wildman–Crippen MR) is 51.4 cm³/mol. The number of aryl methyl sites for hydroxylation is 1. The molecule has 0 saturated heterocycles. The van der Waals surface area contributed by atoms with Crippen molar-refractivity contribution in [1.29, 1.82) is 0 Å². The summed E-state index contributed by atoms with van der Waals surface area (Å²) in [5.74, 6) is 0. The minimum absolute atomic E-state index is 0.450. The Bertz CT molecular complexity index is 364. The van der Waals surface area contributed by atoms with E-state index < -0.39 is 0 Å². The van der Waals surface area contributed by atoms with E-state index in [1.807, 2.05) is 6.07 Å². The van der Waals surface area contributed by atoms with Crippen LogP contribution in [0.1, 0.15) is 5.69 Å². The van der Waals surface area contributed by atoms with Gasteiger partial charge in [0.2, 0.25) is 0 Å². The molecule has 2 rings (SSSR count). The van der Waals surface area contributed by atoms with Crippen molar-refractivity contribution >= 4 is 14.5 Å². The van der Waals surface area contributed by atoms with E-state index in [-0.39, 0.29) is 0 Å². The quantitative estimate of drug-likeness (QED) is 0.673. The fraction of sp³-hybridized carbons (Fsp3) is 0.100. The summed E-state index contributed by atoms with van der Waals surface area (Å²) in [6.07, 6.45) is 0. The molecule has 0 bridgehead atoms. The van der Waals surface area contributed by atoms with Crippen LogP contribution in [-0.2, 0) is 0 Å². The number of nitrogens with zero attached hydrogens (tertiary/aromatic N) is 1. The Hall–Kier alpha value is -0.851. The van der Waals surface area contributed by atoms with E-state index in [4.69, 9.17) is 0 Å². The summed E-state index contributed by atoms with van der Waals surface area (Å²) in [5.41, 5.74) is 2.43. The van der Waals surface area contributed by atoms with Gasteiger partial charge in [-0.05, 0) is 0 Å². The van der Waals surface area contributed by atoms with Crippen molar-refractivity contribution in [2.45, 2.75) is 6.92 Å². The third-order valence-electron chi connectivity index (χ3n) is 1.64. The first-order valence-corrected chi connectivity index (χ1v) is 5.68. The Morgan fingerprint density at radius 2 is 1.92 bits per heavy atom. The zero-order valence-electron chi connectivity index (χ0n) is 6.82. The maximum atomic E-state index is 4.46. The Balaban J connectivity index is 2.45. The van der Waals surface area contributed by atoms with Gasteiger partial charge in [-0.3, -0.25) is 0 Å². The van der Waals surface area contributed by atoms with Gasteiger partial charge in [-0.2, -0.15) is 0 Å². The molecule has 0 unspecified atom stereocenters. The third kappa shape index (κ3) is 1.50. The van der Waals surface area contributed by atoms with Gasteiger partial charge in [-0.25, -0.2) is 0 Å². The van der Waals surface area contributed by atoms with Gasteiger partial charge in [0.25, 0.3) is 0 Å². The van der Waals surface area contributed by atoms with Crippen LogP contribution in [0.2, 0.25) is 0 Å². The Kier molecular flexibility index (Phi) is 2.11. The van der Waals surface area contributed by atoms with Crippen molar-refractivity contribution in [3.8, 4) is 10.1 Å². The van der Waals surface area contributed by atoms with Crippen LogP contribution in [0.4, 0.5) is 0 Å². The molecule has 0 saturated carbocycles. The Morgan fingerprint density at radius 1 is 1.17 bits per heavy atom. The molecule has 1 heterocycles. The average Bonchev–Trinajstić information content (AvgIpc) is 2.54. The van der Waals surface area contributed by atoms with Gasteiger partial charge in [-0.1, -0.05) is 0 Å². The molecule has 0 radical (unpaired) electrons. The summed E-state index contributed by atoms with van der Waals surface area (Å²) >= 11 is 0.450. The maximum absolute atomic E-state index is 4.46. The number of benzene rings is 1. The number of rotatable bonds is 1. The number of aromatic nitrogens is 1. The molecule has 0 amide bonds. The van der Waals surface area contributed by atoms with E-state index in [0.29, 0.717) is 14.5 Å². The van der Waals surface area contributed by atoms with Crippen molar-refractivity contribution in [2.75, 3.05) is 0 Å². The molecule has 0 aliphatic heterocycles. The number of hydrogen-bond acceptors (Lipinski definition) is 1. The summed E-state index contributed by atoms with van der Waals surface area (Å²) in [4.78, 5) is 6.68. The first kappa shape index (κ1) is 7.78. The molecule has 0 atom stereocenters. The second-order valence-corrected chi connectivity index (χ2v) is 4.46. The monoisotopic (exact) mass is 223 g/mol. The summed E-state index contributed by atoms with van der Waals surface area (Å²) in [5, 5.41) is 0. The minimum atomic E-state index is 0.450. The fourth-order valence-electron chi connectivity index (χ4n) is 1.07. The molecular weight excluding hydrogens is 213 g/mol. The second kappa shape index (κ2) is 3.26. The first-order valence-electron chi connectivity index (χ1n) is 3.84. The second-order valence-electron chi connectivity index (χ2n) is 2.66. The van der Waals surface area contributed by atoms with Crippen LogP contribution in [0.15, 0.2) is 35.3 Å². The zero-order valence-corrected chi connectivity index (χ0v) is 8.53. The summed E-state index contributed by atoms with van der Waals surface area (Å²) in [7, 11) is 0. The molecule has 0 aliphatic carbocycles. The van der Waals surface area contributed by atoms with Crippen LogP contribution in [0.25, 0.3) is 10.1 Å². The van der Waals surface area contributed by atoms with Gasteiger partial charge in [0.15, 0.2) is 0 Å². The molecule has 0 spiro atoms. The van der Waals surface area contributed by atoms with E-state index in [2.05, 4.69) is 41.1 Å². The van der Waals surface area contributed by atoms with Crippen molar-refractivity contribution in [2.24, 2.45) is 0 Å². The molecule has 0 fully saturated rings. The van der Waals surface area contributed by atoms with E-state index >= 15 is 0 Å². The van der Waals surface area contributed by atoms with Crippen LogP contribution >= 0.6 is 0 Å². The van der Waals surface area contributed by atoms with Gasteiger partial charge in [0.1, 0.15) is 0 Å². The van der Waals surface area contributed by atoms with Crippen LogP contribution in [-0.4, -0.2) is 19.5 Å². The van der Waals surface area contributed by atoms with Crippen molar-refractivity contribution in [3.63, 3.8) is 0 Å². The molecule has 2 aromatic rings. The summed E-state index contributed by atoms with van der Waals surface area (Å²) < 4.78 is 1.25. The Morgan fingerprint density at radius 3 is 2.50 bits per heavy atom. The molecule has 2 heteroatoms. The Labute approximate surface area is 77.8 Å². The molecule has 1 aromatic carbocycles. The van der Waals surface area contributed by atoms with Crippen molar-refractivity contribution < 1.29 is 0 Å². The average molecular weight is 222 g/mol. The van der Waals surface area contributed by atoms with E-state index in [9.17, 15) is 0 Å². The van der Waals surface area contributed by atoms with Gasteiger partial charge < -0.3 is 0 Å². The molecule has 1 aromatic heterocycles. The SMILES string of the molecule is Cc1c[se]c(-c2ccccc2)n1. The predicted octanol–water partition coefficient (Wildman–Crippen LogP) is 2.11. The van der Waals surface area contributed by atoms with E-state index in [0.717, 1.165) is 5.69 Å². The van der Waals surface area contributed by atoms with E-state index in [1.54, 1.807) is 0 Å². The third-order valence-corrected chi connectivity index (χ3v) is 3.76. The van der Waals surface area contributed by atoms with Crippen LogP contribution in [0.5, 0.6) is 0 Å². The van der Waals surface area contributed by atoms with Gasteiger partial charge >= 0.3 is 77.5 Å². The van der Waals surface area contributed by atoms with Crippen molar-refractivity contribution in [1.82, 2.24) is 4.98 Å². The molecule has 60 valence electrons. The van der Waals surface area contributed by atoms with Gasteiger partial charge in [0.05, 0.1) is 0 Å². The normalized spacial score (nSPS) is 10.1. The van der Waals surface area contributed by atoms with Crippen LogP contribution < -0.4 is 0 Å². The topological polar surface area (TPSA) is 12.9 Å². The van der Waals surface area contributed by atoms with Gasteiger partial charge in [0, 0.05) is 0 Å². The molecular formula is C10H9NSe. The molecule has 1 nitrogen and oxygen atoms in total. The summed E-state index contributed by atoms with van der Waals surface area (Å²) in [6.45, 7) is 2.05. The summed E-state index contributed by atoms with van der Waals surface area (Å²) in [6, 6.07) is 10.4. The molecule has 0 aliphatic rings. The molecule has 0 N–H and O–H groups in total. The van der Waals surface area contributed by atoms with Crippen LogP contribution in [0.3, 0.4) is 0 Å². The van der Waals surface area contributed by atoms with Crippen LogP contribution in [0, 0.1) is 6.92 Å². The number of hydrogen-bond donors (Lipinski definition) is 0. The zero-order chi connectivity index (χ0) is 8.39. The van der Waals surface area contributed by atoms with Crippen molar-refractivity contribution in [3.05, 3.63) is 41.0 Å². The first-order chi connectivity index (χ1) is 5.86. The van der Waals surface area contributed by atoms with Gasteiger partial charge in [-0.15, -0.1) is 0 Å². The molecule has 12 heavy (non-hydrogen) atoms.